The third kappa shape index (κ3) is 1.89. The summed E-state index contributed by atoms with van der Waals surface area (Å²) in [5, 5.41) is 0. The molecule has 0 saturated heterocycles. The minimum atomic E-state index is -0.277. The van der Waals surface area contributed by atoms with Gasteiger partial charge in [-0.3, -0.25) is 0 Å². The summed E-state index contributed by atoms with van der Waals surface area (Å²) in [6.45, 7) is 7.44. The summed E-state index contributed by atoms with van der Waals surface area (Å²) in [5.74, 6) is -0.277. The van der Waals surface area contributed by atoms with Crippen molar-refractivity contribution < 1.29 is 4.39 Å². The normalized spacial score (nSPS) is 10.1. The van der Waals surface area contributed by atoms with Crippen molar-refractivity contribution >= 4 is 5.57 Å². The average molecular weight is 211 g/mol. The van der Waals surface area contributed by atoms with E-state index in [1.54, 1.807) is 6.07 Å². The number of benzene rings is 2. The summed E-state index contributed by atoms with van der Waals surface area (Å²) in [6.07, 6.45) is 0. The zero-order chi connectivity index (χ0) is 11.5. The van der Waals surface area contributed by atoms with E-state index in [9.17, 15) is 4.39 Å². The van der Waals surface area contributed by atoms with Gasteiger partial charge in [-0.2, -0.15) is 0 Å². The van der Waals surface area contributed by atoms with Crippen molar-refractivity contribution in [2.45, 2.75) is 0 Å². The lowest BCUT2D eigenvalue weighted by atomic mass is 9.95. The zero-order valence-electron chi connectivity index (χ0n) is 8.91. The first-order valence-corrected chi connectivity index (χ1v) is 5.05. The van der Waals surface area contributed by atoms with Crippen LogP contribution in [0.25, 0.3) is 16.7 Å². The SMILES string of the molecule is [CH2]C(=C)c1c(F)cccc1-c1ccccc1. The maximum absolute atomic E-state index is 13.7. The molecule has 1 heteroatoms. The van der Waals surface area contributed by atoms with E-state index in [0.717, 1.165) is 11.1 Å². The highest BCUT2D eigenvalue weighted by Crippen LogP contribution is 2.29. The summed E-state index contributed by atoms with van der Waals surface area (Å²) in [4.78, 5) is 0. The summed E-state index contributed by atoms with van der Waals surface area (Å²) >= 11 is 0. The van der Waals surface area contributed by atoms with Crippen LogP contribution in [0.5, 0.6) is 0 Å². The monoisotopic (exact) mass is 211 g/mol. The average Bonchev–Trinajstić information content (AvgIpc) is 2.29. The molecule has 0 amide bonds. The van der Waals surface area contributed by atoms with Gasteiger partial charge >= 0.3 is 0 Å². The second-order valence-corrected chi connectivity index (χ2v) is 3.63. The highest BCUT2D eigenvalue weighted by atomic mass is 19.1. The molecule has 2 aromatic carbocycles. The Morgan fingerprint density at radius 2 is 1.62 bits per heavy atom. The predicted molar refractivity (Wildman–Crippen MR) is 66.2 cm³/mol. The van der Waals surface area contributed by atoms with Crippen LogP contribution < -0.4 is 0 Å². The Kier molecular flexibility index (Phi) is 2.86. The van der Waals surface area contributed by atoms with Crippen LogP contribution in [-0.2, 0) is 0 Å². The van der Waals surface area contributed by atoms with Crippen LogP contribution in [0.3, 0.4) is 0 Å². The first-order valence-electron chi connectivity index (χ1n) is 5.05. The Morgan fingerprint density at radius 1 is 0.938 bits per heavy atom. The van der Waals surface area contributed by atoms with Crippen molar-refractivity contribution in [2.24, 2.45) is 0 Å². The molecular weight excluding hydrogens is 199 g/mol. The third-order valence-electron chi connectivity index (χ3n) is 2.45. The second-order valence-electron chi connectivity index (χ2n) is 3.63. The molecule has 0 aliphatic rings. The maximum Gasteiger partial charge on any atom is 0.131 e. The molecule has 0 fully saturated rings. The van der Waals surface area contributed by atoms with Gasteiger partial charge in [0.05, 0.1) is 0 Å². The van der Waals surface area contributed by atoms with E-state index >= 15 is 0 Å². The lowest BCUT2D eigenvalue weighted by Gasteiger charge is -2.10. The van der Waals surface area contributed by atoms with Gasteiger partial charge in [-0.25, -0.2) is 4.39 Å². The highest BCUT2D eigenvalue weighted by Gasteiger charge is 2.09. The Morgan fingerprint density at radius 3 is 2.25 bits per heavy atom. The molecule has 0 unspecified atom stereocenters. The summed E-state index contributed by atoms with van der Waals surface area (Å²) in [5.41, 5.74) is 2.80. The Hall–Kier alpha value is -1.89. The number of hydrogen-bond acceptors (Lipinski definition) is 0. The van der Waals surface area contributed by atoms with Crippen molar-refractivity contribution in [2.75, 3.05) is 0 Å². The molecule has 1 radical (unpaired) electrons. The molecule has 0 bridgehead atoms. The van der Waals surface area contributed by atoms with Crippen LogP contribution in [0.2, 0.25) is 0 Å². The minimum absolute atomic E-state index is 0.277. The topological polar surface area (TPSA) is 0 Å². The van der Waals surface area contributed by atoms with Crippen LogP contribution in [0.4, 0.5) is 4.39 Å². The minimum Gasteiger partial charge on any atom is -0.206 e. The molecule has 0 spiro atoms. The van der Waals surface area contributed by atoms with Crippen LogP contribution in [0.1, 0.15) is 5.56 Å². The van der Waals surface area contributed by atoms with E-state index in [0.29, 0.717) is 11.1 Å². The van der Waals surface area contributed by atoms with E-state index < -0.39 is 0 Å². The lowest BCUT2D eigenvalue weighted by Crippen LogP contribution is -1.91. The van der Waals surface area contributed by atoms with Crippen molar-refractivity contribution in [1.29, 1.82) is 0 Å². The van der Waals surface area contributed by atoms with E-state index in [1.165, 1.54) is 6.07 Å². The quantitative estimate of drug-likeness (QED) is 0.693. The maximum atomic E-state index is 13.7. The van der Waals surface area contributed by atoms with E-state index in [-0.39, 0.29) is 5.82 Å². The van der Waals surface area contributed by atoms with Gasteiger partial charge in [-0.05, 0) is 29.7 Å². The van der Waals surface area contributed by atoms with Crippen LogP contribution >= 0.6 is 0 Å². The van der Waals surface area contributed by atoms with Gasteiger partial charge in [0.1, 0.15) is 5.82 Å². The molecule has 0 saturated carbocycles. The van der Waals surface area contributed by atoms with Gasteiger partial charge in [0, 0.05) is 5.56 Å². The predicted octanol–water partition coefficient (Wildman–Crippen LogP) is 4.34. The molecule has 0 nitrogen and oxygen atoms in total. The van der Waals surface area contributed by atoms with Gasteiger partial charge in [0.2, 0.25) is 0 Å². The lowest BCUT2D eigenvalue weighted by molar-refractivity contribution is 0.625. The molecule has 0 N–H and O–H groups in total. The van der Waals surface area contributed by atoms with Gasteiger partial charge in [0.25, 0.3) is 0 Å². The van der Waals surface area contributed by atoms with E-state index in [1.807, 2.05) is 36.4 Å². The largest absolute Gasteiger partial charge is 0.206 e. The molecule has 2 aromatic rings. The smallest absolute Gasteiger partial charge is 0.131 e. The third-order valence-corrected chi connectivity index (χ3v) is 2.45. The van der Waals surface area contributed by atoms with E-state index in [2.05, 4.69) is 13.5 Å². The first-order chi connectivity index (χ1) is 7.70. The Labute approximate surface area is 95.1 Å². The van der Waals surface area contributed by atoms with Gasteiger partial charge < -0.3 is 0 Å². The highest BCUT2D eigenvalue weighted by molar-refractivity contribution is 5.82. The molecule has 0 heterocycles. The molecular formula is C15H12F. The standard InChI is InChI=1S/C15H12F/c1-11(2)15-13(9-6-10-14(15)16)12-7-4-3-5-8-12/h3-10H,1-2H2. The Bertz CT molecular complexity index is 512. The summed E-state index contributed by atoms with van der Waals surface area (Å²) in [6, 6.07) is 14.7. The molecule has 0 aromatic heterocycles. The summed E-state index contributed by atoms with van der Waals surface area (Å²) in [7, 11) is 0. The molecule has 0 atom stereocenters. The number of rotatable bonds is 2. The fourth-order valence-corrected chi connectivity index (χ4v) is 1.74. The van der Waals surface area contributed by atoms with E-state index in [4.69, 9.17) is 0 Å². The molecule has 79 valence electrons. The summed E-state index contributed by atoms with van der Waals surface area (Å²) < 4.78 is 13.7. The van der Waals surface area contributed by atoms with Crippen molar-refractivity contribution in [3.8, 4) is 11.1 Å². The van der Waals surface area contributed by atoms with Crippen molar-refractivity contribution in [1.82, 2.24) is 0 Å². The van der Waals surface area contributed by atoms with Crippen LogP contribution in [-0.4, -0.2) is 0 Å². The van der Waals surface area contributed by atoms with Gasteiger partial charge in [-0.15, -0.1) is 0 Å². The number of hydrogen-bond donors (Lipinski definition) is 0. The van der Waals surface area contributed by atoms with Crippen LogP contribution in [0, 0.1) is 12.7 Å². The van der Waals surface area contributed by atoms with Crippen molar-refractivity contribution in [3.05, 3.63) is 73.4 Å². The molecule has 2 rings (SSSR count). The van der Waals surface area contributed by atoms with Gasteiger partial charge in [-0.1, -0.05) is 49.0 Å². The number of halogens is 1. The molecule has 16 heavy (non-hydrogen) atoms. The zero-order valence-corrected chi connectivity index (χ0v) is 8.91. The second kappa shape index (κ2) is 4.31. The fourth-order valence-electron chi connectivity index (χ4n) is 1.74. The number of allylic oxidation sites excluding steroid dienone is 1. The Balaban J connectivity index is 2.66. The first kappa shape index (κ1) is 10.6. The van der Waals surface area contributed by atoms with Crippen molar-refractivity contribution in [3.63, 3.8) is 0 Å². The molecule has 0 aliphatic heterocycles. The fraction of sp³-hybridized carbons (Fsp3) is 0. The van der Waals surface area contributed by atoms with Gasteiger partial charge in [0.15, 0.2) is 0 Å². The van der Waals surface area contributed by atoms with Crippen LogP contribution in [0.15, 0.2) is 55.1 Å². The molecule has 0 aliphatic carbocycles.